The average Bonchev–Trinajstić information content (AvgIpc) is 3.44. The molecule has 2 N–H and O–H groups in total. The molecule has 1 aliphatic heterocycles. The molecule has 1 saturated carbocycles. The van der Waals surface area contributed by atoms with Crippen molar-refractivity contribution in [2.24, 2.45) is 0 Å². The summed E-state index contributed by atoms with van der Waals surface area (Å²) < 4.78 is 2.69. The number of rotatable bonds is 4. The number of anilines is 2. The molecular formula is C25H31N5O3. The Morgan fingerprint density at radius 1 is 1.24 bits per heavy atom. The zero-order valence-electron chi connectivity index (χ0n) is 19.3. The fourth-order valence-corrected chi connectivity index (χ4v) is 5.03. The Labute approximate surface area is 193 Å². The Morgan fingerprint density at radius 3 is 2.70 bits per heavy atom. The van der Waals surface area contributed by atoms with Gasteiger partial charge in [0.15, 0.2) is 5.69 Å². The van der Waals surface area contributed by atoms with E-state index in [-0.39, 0.29) is 11.7 Å². The van der Waals surface area contributed by atoms with E-state index in [0.717, 1.165) is 68.2 Å². The molecule has 0 radical (unpaired) electrons. The molecule has 174 valence electrons. The van der Waals surface area contributed by atoms with Crippen molar-refractivity contribution in [3.63, 3.8) is 0 Å². The van der Waals surface area contributed by atoms with Crippen LogP contribution in [0.25, 0.3) is 10.9 Å². The summed E-state index contributed by atoms with van der Waals surface area (Å²) in [7, 11) is 0. The molecule has 33 heavy (non-hydrogen) atoms. The second-order valence-electron chi connectivity index (χ2n) is 9.76. The molecule has 8 heteroatoms. The van der Waals surface area contributed by atoms with Crippen LogP contribution >= 0.6 is 0 Å². The minimum absolute atomic E-state index is 0.0763. The number of pyridine rings is 1. The molecule has 3 aromatic rings. The molecule has 0 bridgehead atoms. The van der Waals surface area contributed by atoms with Gasteiger partial charge < -0.3 is 20.5 Å². The Hall–Kier alpha value is -3.13. The van der Waals surface area contributed by atoms with E-state index in [1.165, 1.54) is 0 Å². The molecule has 2 aromatic heterocycles. The largest absolute Gasteiger partial charge is 0.618 e. The van der Waals surface area contributed by atoms with Gasteiger partial charge in [0.1, 0.15) is 0 Å². The van der Waals surface area contributed by atoms with E-state index in [1.54, 1.807) is 25.1 Å². The second-order valence-corrected chi connectivity index (χ2v) is 9.76. The summed E-state index contributed by atoms with van der Waals surface area (Å²) >= 11 is 0. The monoisotopic (exact) mass is 449 g/mol. The zero-order valence-corrected chi connectivity index (χ0v) is 19.3. The molecule has 8 nitrogen and oxygen atoms in total. The van der Waals surface area contributed by atoms with Crippen molar-refractivity contribution >= 4 is 28.2 Å². The van der Waals surface area contributed by atoms with Gasteiger partial charge in [-0.15, -0.1) is 0 Å². The molecule has 1 aromatic carbocycles. The third kappa shape index (κ3) is 4.27. The van der Waals surface area contributed by atoms with E-state index in [9.17, 15) is 15.1 Å². The number of carbonyl (C=O) groups is 1. The van der Waals surface area contributed by atoms with Crippen LogP contribution in [0.1, 0.15) is 67.7 Å². The first kappa shape index (κ1) is 21.7. The third-order valence-electron chi connectivity index (χ3n) is 7.10. The van der Waals surface area contributed by atoms with E-state index >= 15 is 0 Å². The lowest BCUT2D eigenvalue weighted by atomic mass is 9.84. The fraction of sp³-hybridized carbons (Fsp3) is 0.480. The highest BCUT2D eigenvalue weighted by Crippen LogP contribution is 2.37. The highest BCUT2D eigenvalue weighted by Gasteiger charge is 2.30. The van der Waals surface area contributed by atoms with Gasteiger partial charge in [-0.25, -0.2) is 0 Å². The maximum atomic E-state index is 13.0. The standard InChI is InChI=1S/C25H31N5O3/c1-17-6-5-7-22(30(17)33)24(31)26-21-14-18-16-29(19-8-10-25(2,32)11-9-19)27-20(18)15-23(21)28-12-3-4-13-28/h5-7,14-16,19,32H,3-4,8-13H2,1-2H3,(H,26,31). The quantitative estimate of drug-likeness (QED) is 0.468. The van der Waals surface area contributed by atoms with Crippen LogP contribution in [0.4, 0.5) is 11.4 Å². The highest BCUT2D eigenvalue weighted by molar-refractivity contribution is 6.05. The predicted octanol–water partition coefficient (Wildman–Crippen LogP) is 3.70. The van der Waals surface area contributed by atoms with Crippen molar-refractivity contribution in [1.29, 1.82) is 0 Å². The van der Waals surface area contributed by atoms with E-state index < -0.39 is 11.5 Å². The Kier molecular flexibility index (Phi) is 5.48. The van der Waals surface area contributed by atoms with Crippen LogP contribution in [-0.2, 0) is 0 Å². The number of nitrogens with one attached hydrogen (secondary N) is 1. The highest BCUT2D eigenvalue weighted by atomic mass is 16.5. The van der Waals surface area contributed by atoms with Gasteiger partial charge in [0.2, 0.25) is 0 Å². The Bertz CT molecular complexity index is 1190. The number of fused-ring (bicyclic) bond motifs is 1. The van der Waals surface area contributed by atoms with Gasteiger partial charge in [0.25, 0.3) is 5.69 Å². The van der Waals surface area contributed by atoms with E-state index in [4.69, 9.17) is 5.10 Å². The number of nitrogens with zero attached hydrogens (tertiary/aromatic N) is 4. The lowest BCUT2D eigenvalue weighted by Gasteiger charge is -2.33. The first-order valence-corrected chi connectivity index (χ1v) is 11.8. The van der Waals surface area contributed by atoms with Crippen molar-refractivity contribution in [1.82, 2.24) is 9.78 Å². The number of hydrogen-bond acceptors (Lipinski definition) is 5. The molecule has 0 unspecified atom stereocenters. The van der Waals surface area contributed by atoms with Gasteiger partial charge in [-0.3, -0.25) is 9.48 Å². The van der Waals surface area contributed by atoms with Gasteiger partial charge >= 0.3 is 5.91 Å². The van der Waals surface area contributed by atoms with Crippen LogP contribution in [0.15, 0.2) is 36.5 Å². The van der Waals surface area contributed by atoms with Crippen LogP contribution in [0.2, 0.25) is 0 Å². The summed E-state index contributed by atoms with van der Waals surface area (Å²) in [6.07, 6.45) is 7.56. The molecule has 1 aliphatic carbocycles. The lowest BCUT2D eigenvalue weighted by molar-refractivity contribution is -0.614. The van der Waals surface area contributed by atoms with Gasteiger partial charge in [-0.1, -0.05) is 0 Å². The number of amides is 1. The minimum atomic E-state index is -0.586. The van der Waals surface area contributed by atoms with Crippen molar-refractivity contribution in [2.45, 2.75) is 64.0 Å². The molecule has 3 heterocycles. The van der Waals surface area contributed by atoms with Crippen LogP contribution in [-0.4, -0.2) is 39.5 Å². The predicted molar refractivity (Wildman–Crippen MR) is 127 cm³/mol. The van der Waals surface area contributed by atoms with Crippen LogP contribution in [0.3, 0.4) is 0 Å². The number of aliphatic hydroxyl groups is 1. The van der Waals surface area contributed by atoms with Gasteiger partial charge in [-0.05, 0) is 63.6 Å². The number of carbonyl (C=O) groups excluding carboxylic acids is 1. The summed E-state index contributed by atoms with van der Waals surface area (Å²) in [5.41, 5.74) is 2.49. The topological polar surface area (TPSA) is 97.3 Å². The number of aryl methyl sites for hydroxylation is 1. The third-order valence-corrected chi connectivity index (χ3v) is 7.10. The summed E-state index contributed by atoms with van der Waals surface area (Å²) in [5, 5.41) is 31.5. The lowest BCUT2D eigenvalue weighted by Crippen LogP contribution is -2.39. The summed E-state index contributed by atoms with van der Waals surface area (Å²) in [6.45, 7) is 5.45. The first-order valence-electron chi connectivity index (χ1n) is 11.8. The fourth-order valence-electron chi connectivity index (χ4n) is 5.03. The zero-order chi connectivity index (χ0) is 23.2. The molecule has 0 spiro atoms. The average molecular weight is 450 g/mol. The maximum Gasteiger partial charge on any atom is 0.321 e. The second kappa shape index (κ2) is 8.33. The molecular weight excluding hydrogens is 418 g/mol. The van der Waals surface area contributed by atoms with E-state index in [1.807, 2.05) is 29.9 Å². The van der Waals surface area contributed by atoms with Crippen LogP contribution < -0.4 is 14.9 Å². The number of benzene rings is 1. The summed E-state index contributed by atoms with van der Waals surface area (Å²) in [6, 6.07) is 9.22. The van der Waals surface area contributed by atoms with Crippen LogP contribution in [0, 0.1) is 12.1 Å². The van der Waals surface area contributed by atoms with Crippen molar-refractivity contribution in [2.75, 3.05) is 23.3 Å². The molecule has 2 aliphatic rings. The smallest absolute Gasteiger partial charge is 0.321 e. The van der Waals surface area contributed by atoms with Crippen LogP contribution in [0.5, 0.6) is 0 Å². The molecule has 0 atom stereocenters. The van der Waals surface area contributed by atoms with E-state index in [2.05, 4.69) is 10.2 Å². The van der Waals surface area contributed by atoms with E-state index in [0.29, 0.717) is 16.1 Å². The molecule has 2 fully saturated rings. The Morgan fingerprint density at radius 2 is 1.97 bits per heavy atom. The van der Waals surface area contributed by atoms with Gasteiger partial charge in [0, 0.05) is 43.7 Å². The Balaban J connectivity index is 1.49. The normalized spacial score (nSPS) is 23.2. The number of aromatic nitrogens is 3. The summed E-state index contributed by atoms with van der Waals surface area (Å²) in [5.74, 6) is -0.421. The SMILES string of the molecule is Cc1cccc(C(=O)Nc2cc3cn(C4CCC(C)(O)CC4)nc3cc2N2CCCC2)[n+]1[O-]. The van der Waals surface area contributed by atoms with Crippen molar-refractivity contribution in [3.8, 4) is 0 Å². The van der Waals surface area contributed by atoms with Crippen molar-refractivity contribution < 1.29 is 14.6 Å². The summed E-state index contributed by atoms with van der Waals surface area (Å²) in [4.78, 5) is 15.3. The molecule has 5 rings (SSSR count). The maximum absolute atomic E-state index is 13.0. The molecule has 1 saturated heterocycles. The van der Waals surface area contributed by atoms with Gasteiger partial charge in [0.05, 0.1) is 28.5 Å². The minimum Gasteiger partial charge on any atom is -0.618 e. The van der Waals surface area contributed by atoms with Gasteiger partial charge in [-0.2, -0.15) is 9.83 Å². The van der Waals surface area contributed by atoms with Crippen molar-refractivity contribution in [3.05, 3.63) is 53.1 Å². The first-order chi connectivity index (χ1) is 15.8. The number of hydrogen-bond donors (Lipinski definition) is 2. The molecule has 1 amide bonds.